The number of hydrogen-bond donors (Lipinski definition) is 2. The molecule has 0 aliphatic heterocycles. The lowest BCUT2D eigenvalue weighted by Gasteiger charge is -2.33. The van der Waals surface area contributed by atoms with E-state index in [1.807, 2.05) is 0 Å². The first kappa shape index (κ1) is 14.6. The summed E-state index contributed by atoms with van der Waals surface area (Å²) in [7, 11) is -1.26. The first-order valence-electron chi connectivity index (χ1n) is 7.63. The maximum atomic E-state index is 3.88. The first-order chi connectivity index (χ1) is 9.09. The molecule has 0 bridgehead atoms. The van der Waals surface area contributed by atoms with Gasteiger partial charge < -0.3 is 10.3 Å². The van der Waals surface area contributed by atoms with Gasteiger partial charge in [0.25, 0.3) is 0 Å². The average molecular weight is 276 g/mol. The maximum Gasteiger partial charge on any atom is 0.122 e. The van der Waals surface area contributed by atoms with Crippen molar-refractivity contribution in [2.45, 2.75) is 44.8 Å². The molecule has 2 N–H and O–H groups in total. The van der Waals surface area contributed by atoms with Crippen LogP contribution >= 0.6 is 0 Å². The van der Waals surface area contributed by atoms with Gasteiger partial charge in [-0.2, -0.15) is 0 Å². The highest BCUT2D eigenvalue weighted by molar-refractivity contribution is 6.76. The lowest BCUT2D eigenvalue weighted by atomic mass is 10.1. The number of hydrogen-bond acceptors (Lipinski definition) is 2. The van der Waals surface area contributed by atoms with Crippen LogP contribution in [0.25, 0.3) is 0 Å². The minimum Gasteiger partial charge on any atom is -0.384 e. The fourth-order valence-electron chi connectivity index (χ4n) is 3.50. The summed E-state index contributed by atoms with van der Waals surface area (Å²) in [5.74, 6) is 0.927. The minimum atomic E-state index is -1.26. The van der Waals surface area contributed by atoms with Crippen molar-refractivity contribution < 1.29 is 0 Å². The van der Waals surface area contributed by atoms with Gasteiger partial charge in [-0.15, -0.1) is 0 Å². The van der Waals surface area contributed by atoms with E-state index in [4.69, 9.17) is 0 Å². The zero-order valence-corrected chi connectivity index (χ0v) is 13.6. The number of rotatable bonds is 6. The molecule has 0 amide bonds. The molecule has 106 valence electrons. The van der Waals surface area contributed by atoms with Gasteiger partial charge in [-0.3, -0.25) is 0 Å². The predicted molar refractivity (Wildman–Crippen MR) is 87.2 cm³/mol. The third kappa shape index (κ3) is 4.08. The lowest BCUT2D eigenvalue weighted by molar-refractivity contribution is 0.586. The van der Waals surface area contributed by atoms with E-state index in [0.29, 0.717) is 0 Å². The first-order valence-corrected chi connectivity index (χ1v) is 10.7. The second-order valence-corrected chi connectivity index (χ2v) is 11.0. The number of benzene rings is 1. The molecular formula is C16H28N2Si. The molecule has 0 aromatic heterocycles. The normalized spacial score (nSPS) is 23.5. The summed E-state index contributed by atoms with van der Waals surface area (Å²) in [6.07, 6.45) is 4.32. The van der Waals surface area contributed by atoms with Gasteiger partial charge in [-0.1, -0.05) is 57.5 Å². The summed E-state index contributed by atoms with van der Waals surface area (Å²) in [4.78, 5) is 3.88. The molecule has 0 heterocycles. The monoisotopic (exact) mass is 276 g/mol. The fourth-order valence-corrected chi connectivity index (χ4v) is 7.04. The number of anilines is 1. The Kier molecular flexibility index (Phi) is 5.05. The summed E-state index contributed by atoms with van der Waals surface area (Å²) >= 11 is 0. The van der Waals surface area contributed by atoms with E-state index in [1.165, 1.54) is 24.9 Å². The van der Waals surface area contributed by atoms with Crippen LogP contribution in [0.4, 0.5) is 5.69 Å². The van der Waals surface area contributed by atoms with Crippen LogP contribution in [0.3, 0.4) is 0 Å². The molecule has 0 radical (unpaired) electrons. The van der Waals surface area contributed by atoms with Gasteiger partial charge in [-0.25, -0.2) is 0 Å². The second-order valence-electron chi connectivity index (χ2n) is 6.46. The zero-order chi connectivity index (χ0) is 13.7. The molecule has 0 saturated heterocycles. The Bertz CT molecular complexity index is 378. The number of nitrogens with one attached hydrogen (secondary N) is 2. The van der Waals surface area contributed by atoms with E-state index in [2.05, 4.69) is 60.6 Å². The molecule has 1 aliphatic rings. The zero-order valence-electron chi connectivity index (χ0n) is 12.6. The molecular weight excluding hydrogens is 248 g/mol. The molecule has 2 unspecified atom stereocenters. The van der Waals surface area contributed by atoms with Crippen LogP contribution in [0.1, 0.15) is 26.2 Å². The van der Waals surface area contributed by atoms with Gasteiger partial charge in [-0.05, 0) is 23.6 Å². The third-order valence-electron chi connectivity index (χ3n) is 4.60. The van der Waals surface area contributed by atoms with Gasteiger partial charge in [0, 0.05) is 18.8 Å². The van der Waals surface area contributed by atoms with E-state index in [-0.39, 0.29) is 0 Å². The van der Waals surface area contributed by atoms with Crippen molar-refractivity contribution in [1.82, 2.24) is 4.98 Å². The van der Waals surface area contributed by atoms with Crippen LogP contribution in [0.5, 0.6) is 0 Å². The van der Waals surface area contributed by atoms with Crippen molar-refractivity contribution in [3.63, 3.8) is 0 Å². The quantitative estimate of drug-likeness (QED) is 0.604. The topological polar surface area (TPSA) is 24.1 Å². The molecule has 0 spiro atoms. The standard InChI is InChI=1S/C16H28N2Si/c1-14-8-7-11-16(14)19(2,3)18-13-12-17-15-9-5-4-6-10-15/h4-6,9-10,14,16-18H,7-8,11-13H2,1-3H3. The maximum absolute atomic E-state index is 3.88. The van der Waals surface area contributed by atoms with Crippen LogP contribution < -0.4 is 10.3 Å². The van der Waals surface area contributed by atoms with Crippen LogP contribution in [-0.4, -0.2) is 21.3 Å². The molecule has 3 heteroatoms. The predicted octanol–water partition coefficient (Wildman–Crippen LogP) is 4.08. The van der Waals surface area contributed by atoms with Crippen LogP contribution in [0.15, 0.2) is 30.3 Å². The van der Waals surface area contributed by atoms with E-state index in [1.54, 1.807) is 0 Å². The Morgan fingerprint density at radius 3 is 2.47 bits per heavy atom. The Morgan fingerprint density at radius 2 is 1.84 bits per heavy atom. The largest absolute Gasteiger partial charge is 0.384 e. The highest BCUT2D eigenvalue weighted by Gasteiger charge is 2.37. The van der Waals surface area contributed by atoms with Crippen molar-refractivity contribution >= 4 is 13.9 Å². The van der Waals surface area contributed by atoms with Crippen molar-refractivity contribution in [3.05, 3.63) is 30.3 Å². The minimum absolute atomic E-state index is 0.927. The Labute approximate surface area is 119 Å². The molecule has 1 fully saturated rings. The highest BCUT2D eigenvalue weighted by atomic mass is 28.3. The second kappa shape index (κ2) is 6.57. The summed E-state index contributed by atoms with van der Waals surface area (Å²) < 4.78 is 0. The Hall–Kier alpha value is -0.803. The van der Waals surface area contributed by atoms with E-state index < -0.39 is 8.24 Å². The molecule has 1 aromatic carbocycles. The molecule has 1 aliphatic carbocycles. The lowest BCUT2D eigenvalue weighted by Crippen LogP contribution is -2.51. The van der Waals surface area contributed by atoms with E-state index >= 15 is 0 Å². The molecule has 2 rings (SSSR count). The third-order valence-corrected chi connectivity index (χ3v) is 8.47. The van der Waals surface area contributed by atoms with Crippen molar-refractivity contribution in [2.24, 2.45) is 5.92 Å². The SMILES string of the molecule is CC1CCCC1[Si](C)(C)NCCNc1ccccc1. The van der Waals surface area contributed by atoms with Gasteiger partial charge >= 0.3 is 0 Å². The number of para-hydroxylation sites is 1. The van der Waals surface area contributed by atoms with Crippen molar-refractivity contribution in [3.8, 4) is 0 Å². The van der Waals surface area contributed by atoms with Crippen molar-refractivity contribution in [2.75, 3.05) is 18.4 Å². The molecule has 2 atom stereocenters. The summed E-state index contributed by atoms with van der Waals surface area (Å²) in [5.41, 5.74) is 2.18. The van der Waals surface area contributed by atoms with E-state index in [9.17, 15) is 0 Å². The smallest absolute Gasteiger partial charge is 0.122 e. The van der Waals surface area contributed by atoms with Crippen LogP contribution in [-0.2, 0) is 0 Å². The van der Waals surface area contributed by atoms with Crippen LogP contribution in [0, 0.1) is 5.92 Å². The van der Waals surface area contributed by atoms with Gasteiger partial charge in [0.05, 0.1) is 0 Å². The van der Waals surface area contributed by atoms with Crippen LogP contribution in [0.2, 0.25) is 18.6 Å². The average Bonchev–Trinajstić information content (AvgIpc) is 2.83. The van der Waals surface area contributed by atoms with Gasteiger partial charge in [0.2, 0.25) is 0 Å². The molecule has 1 aromatic rings. The summed E-state index contributed by atoms with van der Waals surface area (Å²) in [6, 6.07) is 10.5. The Morgan fingerprint density at radius 1 is 1.11 bits per heavy atom. The molecule has 19 heavy (non-hydrogen) atoms. The Balaban J connectivity index is 1.72. The summed E-state index contributed by atoms with van der Waals surface area (Å²) in [5, 5.41) is 3.48. The fraction of sp³-hybridized carbons (Fsp3) is 0.625. The van der Waals surface area contributed by atoms with Crippen molar-refractivity contribution in [1.29, 1.82) is 0 Å². The van der Waals surface area contributed by atoms with E-state index in [0.717, 1.165) is 24.5 Å². The van der Waals surface area contributed by atoms with Gasteiger partial charge in [0.1, 0.15) is 8.24 Å². The molecule has 1 saturated carbocycles. The summed E-state index contributed by atoms with van der Waals surface area (Å²) in [6.45, 7) is 9.54. The molecule has 2 nitrogen and oxygen atoms in total. The van der Waals surface area contributed by atoms with Gasteiger partial charge in [0.15, 0.2) is 0 Å². The highest BCUT2D eigenvalue weighted by Crippen LogP contribution is 2.41.